The molecule has 3 aromatic carbocycles. The maximum atomic E-state index is 13.4. The Morgan fingerprint density at radius 3 is 2.23 bits per heavy atom. The number of alkyl halides is 3. The Balaban J connectivity index is 1.23. The van der Waals surface area contributed by atoms with Crippen LogP contribution in [-0.4, -0.2) is 51.4 Å². The summed E-state index contributed by atoms with van der Waals surface area (Å²) in [6.07, 6.45) is -2.55. The molecule has 44 heavy (non-hydrogen) atoms. The molecule has 2 amide bonds. The van der Waals surface area contributed by atoms with Gasteiger partial charge in [-0.1, -0.05) is 68.4 Å². The van der Waals surface area contributed by atoms with Gasteiger partial charge >= 0.3 is 12.2 Å². The van der Waals surface area contributed by atoms with Crippen molar-refractivity contribution in [3.8, 4) is 22.4 Å². The van der Waals surface area contributed by atoms with Crippen molar-refractivity contribution < 1.29 is 18.0 Å². The number of anilines is 1. The Kier molecular flexibility index (Phi) is 8.14. The van der Waals surface area contributed by atoms with Gasteiger partial charge in [0.25, 0.3) is 0 Å². The lowest BCUT2D eigenvalue weighted by molar-refractivity contribution is -0.137. The molecule has 1 saturated heterocycles. The van der Waals surface area contributed by atoms with Crippen LogP contribution < -0.4 is 5.32 Å². The number of piperazine rings is 1. The monoisotopic (exact) mass is 597 g/mol. The fourth-order valence-electron chi connectivity index (χ4n) is 5.59. The third-order valence-electron chi connectivity index (χ3n) is 8.15. The van der Waals surface area contributed by atoms with Crippen LogP contribution in [0.5, 0.6) is 0 Å². The molecule has 226 valence electrons. The van der Waals surface area contributed by atoms with Crippen molar-refractivity contribution in [1.82, 2.24) is 19.2 Å². The molecule has 1 aliphatic rings. The molecule has 0 unspecified atom stereocenters. The molecular weight excluding hydrogens is 563 g/mol. The van der Waals surface area contributed by atoms with Crippen molar-refractivity contribution in [2.45, 2.75) is 32.5 Å². The highest BCUT2D eigenvalue weighted by Crippen LogP contribution is 2.33. The molecular formula is C35H34F3N5O. The first-order chi connectivity index (χ1) is 21.2. The fraction of sp³-hybridized carbons (Fsp3) is 0.257. The Labute approximate surface area is 254 Å². The molecule has 9 heteroatoms. The van der Waals surface area contributed by atoms with E-state index in [1.165, 1.54) is 17.7 Å². The smallest absolute Gasteiger partial charge is 0.322 e. The number of hydrogen-bond acceptors (Lipinski definition) is 3. The van der Waals surface area contributed by atoms with E-state index in [0.717, 1.165) is 34.4 Å². The number of fused-ring (bicyclic) bond motifs is 1. The second-order valence-electron chi connectivity index (χ2n) is 11.5. The predicted molar refractivity (Wildman–Crippen MR) is 167 cm³/mol. The number of pyridine rings is 1. The number of nitrogens with one attached hydrogen (secondary N) is 1. The minimum atomic E-state index is -4.42. The normalized spacial score (nSPS) is 14.4. The third-order valence-corrected chi connectivity index (χ3v) is 8.15. The van der Waals surface area contributed by atoms with Crippen molar-refractivity contribution in [1.29, 1.82) is 0 Å². The van der Waals surface area contributed by atoms with E-state index in [4.69, 9.17) is 4.98 Å². The van der Waals surface area contributed by atoms with Gasteiger partial charge in [-0.3, -0.25) is 4.90 Å². The lowest BCUT2D eigenvalue weighted by Crippen LogP contribution is -2.49. The molecule has 0 radical (unpaired) electrons. The summed E-state index contributed by atoms with van der Waals surface area (Å²) in [5.41, 5.74) is 5.94. The Hall–Kier alpha value is -4.63. The topological polar surface area (TPSA) is 52.9 Å². The molecule has 1 N–H and O–H groups in total. The van der Waals surface area contributed by atoms with Crippen molar-refractivity contribution in [3.63, 3.8) is 0 Å². The molecule has 6 rings (SSSR count). The number of carbonyl (C=O) groups is 1. The highest BCUT2D eigenvalue weighted by atomic mass is 19.4. The summed E-state index contributed by atoms with van der Waals surface area (Å²) < 4.78 is 42.3. The summed E-state index contributed by atoms with van der Waals surface area (Å²) >= 11 is 0. The summed E-state index contributed by atoms with van der Waals surface area (Å²) in [4.78, 5) is 22.0. The lowest BCUT2D eigenvalue weighted by Gasteiger charge is -2.34. The number of amides is 2. The second kappa shape index (κ2) is 12.2. The van der Waals surface area contributed by atoms with E-state index in [0.29, 0.717) is 49.8 Å². The van der Waals surface area contributed by atoms with Crippen LogP contribution in [0.15, 0.2) is 97.2 Å². The van der Waals surface area contributed by atoms with Gasteiger partial charge in [0.15, 0.2) is 0 Å². The van der Waals surface area contributed by atoms with E-state index in [-0.39, 0.29) is 6.03 Å². The summed E-state index contributed by atoms with van der Waals surface area (Å²) in [5.74, 6) is 0.426. The maximum absolute atomic E-state index is 13.4. The van der Waals surface area contributed by atoms with Crippen LogP contribution in [0.4, 0.5) is 23.7 Å². The Morgan fingerprint density at radius 1 is 0.841 bits per heavy atom. The molecule has 0 aliphatic carbocycles. The first-order valence-corrected chi connectivity index (χ1v) is 14.8. The molecule has 2 aromatic heterocycles. The van der Waals surface area contributed by atoms with Gasteiger partial charge in [0.2, 0.25) is 0 Å². The SMILES string of the molecule is CC(C)c1ccc(NC(=O)N2CCN(Cc3c(-c4ccccc4)nc4ccc(-c5cccc(C(F)(F)F)c5)cn34)CC2)cc1. The lowest BCUT2D eigenvalue weighted by atomic mass is 10.0. The van der Waals surface area contributed by atoms with Crippen molar-refractivity contribution in [2.24, 2.45) is 0 Å². The summed E-state index contributed by atoms with van der Waals surface area (Å²) in [6.45, 7) is 7.34. The van der Waals surface area contributed by atoms with Crippen molar-refractivity contribution in [3.05, 3.63) is 114 Å². The van der Waals surface area contributed by atoms with Gasteiger partial charge in [0.1, 0.15) is 5.65 Å². The average Bonchev–Trinajstić information content (AvgIpc) is 3.39. The van der Waals surface area contributed by atoms with Crippen LogP contribution in [0.1, 0.15) is 36.6 Å². The van der Waals surface area contributed by atoms with Gasteiger partial charge in [0, 0.05) is 50.2 Å². The van der Waals surface area contributed by atoms with E-state index in [2.05, 4.69) is 24.1 Å². The second-order valence-corrected chi connectivity index (χ2v) is 11.5. The largest absolute Gasteiger partial charge is 0.416 e. The quantitative estimate of drug-likeness (QED) is 0.215. The standard InChI is InChI=1S/C35H34F3N5O/c1-24(2)25-11-14-30(15-12-25)39-34(44)42-19-17-41(18-20-42)23-31-33(26-7-4-3-5-8-26)40-32-16-13-28(22-43(31)32)27-9-6-10-29(21-27)35(36,37)38/h3-16,21-22,24H,17-20,23H2,1-2H3,(H,39,44). The molecule has 6 nitrogen and oxygen atoms in total. The van der Waals surface area contributed by atoms with Crippen LogP contribution in [0.25, 0.3) is 28.0 Å². The number of halogens is 3. The van der Waals surface area contributed by atoms with E-state index < -0.39 is 11.7 Å². The van der Waals surface area contributed by atoms with Gasteiger partial charge in [-0.05, 0) is 59.0 Å². The first kappa shape index (κ1) is 29.4. The van der Waals surface area contributed by atoms with Crippen LogP contribution in [0, 0.1) is 0 Å². The number of rotatable bonds is 6. The zero-order valence-corrected chi connectivity index (χ0v) is 24.7. The number of aromatic nitrogens is 2. The van der Waals surface area contributed by atoms with Crippen LogP contribution in [-0.2, 0) is 12.7 Å². The van der Waals surface area contributed by atoms with Gasteiger partial charge in [-0.15, -0.1) is 0 Å². The maximum Gasteiger partial charge on any atom is 0.416 e. The Morgan fingerprint density at radius 2 is 1.55 bits per heavy atom. The highest BCUT2D eigenvalue weighted by molar-refractivity contribution is 5.89. The number of benzene rings is 3. The number of nitrogens with zero attached hydrogens (tertiary/aromatic N) is 4. The number of urea groups is 1. The van der Waals surface area contributed by atoms with E-state index in [9.17, 15) is 18.0 Å². The molecule has 3 heterocycles. The minimum Gasteiger partial charge on any atom is -0.322 e. The fourth-order valence-corrected chi connectivity index (χ4v) is 5.59. The molecule has 0 bridgehead atoms. The number of imidazole rings is 1. The summed E-state index contributed by atoms with van der Waals surface area (Å²) in [7, 11) is 0. The molecule has 0 spiro atoms. The molecule has 1 fully saturated rings. The van der Waals surface area contributed by atoms with Crippen molar-refractivity contribution >= 4 is 17.4 Å². The predicted octanol–water partition coefficient (Wildman–Crippen LogP) is 8.16. The zero-order valence-electron chi connectivity index (χ0n) is 24.7. The molecule has 5 aromatic rings. The summed E-state index contributed by atoms with van der Waals surface area (Å²) in [5, 5.41) is 3.01. The van der Waals surface area contributed by atoms with E-state index in [1.807, 2.05) is 82.2 Å². The zero-order chi connectivity index (χ0) is 30.8. The van der Waals surface area contributed by atoms with Crippen LogP contribution in [0.2, 0.25) is 0 Å². The Bertz CT molecular complexity index is 1760. The number of carbonyl (C=O) groups excluding carboxylic acids is 1. The van der Waals surface area contributed by atoms with Gasteiger partial charge < -0.3 is 14.6 Å². The minimum absolute atomic E-state index is 0.118. The highest BCUT2D eigenvalue weighted by Gasteiger charge is 2.30. The van der Waals surface area contributed by atoms with Gasteiger partial charge in [-0.25, -0.2) is 9.78 Å². The van der Waals surface area contributed by atoms with Crippen LogP contribution >= 0.6 is 0 Å². The molecule has 1 aliphatic heterocycles. The van der Waals surface area contributed by atoms with Crippen molar-refractivity contribution in [2.75, 3.05) is 31.5 Å². The molecule has 0 atom stereocenters. The van der Waals surface area contributed by atoms with Gasteiger partial charge in [0.05, 0.1) is 17.0 Å². The van der Waals surface area contributed by atoms with E-state index in [1.54, 1.807) is 6.07 Å². The average molecular weight is 598 g/mol. The van der Waals surface area contributed by atoms with Crippen LogP contribution in [0.3, 0.4) is 0 Å². The van der Waals surface area contributed by atoms with Gasteiger partial charge in [-0.2, -0.15) is 13.2 Å². The third kappa shape index (κ3) is 6.33. The summed E-state index contributed by atoms with van der Waals surface area (Å²) in [6, 6.07) is 26.8. The number of hydrogen-bond donors (Lipinski definition) is 1. The molecule has 0 saturated carbocycles. The first-order valence-electron chi connectivity index (χ1n) is 14.8. The van der Waals surface area contributed by atoms with E-state index >= 15 is 0 Å².